The van der Waals surface area contributed by atoms with Gasteiger partial charge in [0.1, 0.15) is 11.5 Å². The quantitative estimate of drug-likeness (QED) is 0.463. The van der Waals surface area contributed by atoms with Gasteiger partial charge in [-0.25, -0.2) is 14.8 Å². The Hall–Kier alpha value is -2.91. The number of carbonyl (C=O) groups is 1. The Morgan fingerprint density at radius 3 is 2.67 bits per heavy atom. The molecule has 0 unspecified atom stereocenters. The maximum Gasteiger partial charge on any atom is 0.360 e. The number of methoxy groups -OCH3 is 1. The van der Waals surface area contributed by atoms with Crippen LogP contribution in [0.3, 0.4) is 0 Å². The van der Waals surface area contributed by atoms with Gasteiger partial charge in [-0.15, -0.1) is 0 Å². The molecule has 4 rings (SSSR count). The zero-order chi connectivity index (χ0) is 21.1. The van der Waals surface area contributed by atoms with E-state index in [-0.39, 0.29) is 23.2 Å². The molecule has 2 aliphatic rings. The van der Waals surface area contributed by atoms with Crippen LogP contribution in [-0.4, -0.2) is 53.3 Å². The first kappa shape index (κ1) is 20.4. The lowest BCUT2D eigenvalue weighted by Crippen LogP contribution is -2.16. The predicted octanol–water partition coefficient (Wildman–Crippen LogP) is 2.81. The molecule has 0 amide bonds. The van der Waals surface area contributed by atoms with E-state index < -0.39 is 12.8 Å². The third kappa shape index (κ3) is 4.31. The summed E-state index contributed by atoms with van der Waals surface area (Å²) < 4.78 is 15.8. The fourth-order valence-electron chi connectivity index (χ4n) is 3.70. The number of phenolic OH excluding ortho intramolecular Hbond substituents is 1. The molecule has 1 aromatic heterocycles. The summed E-state index contributed by atoms with van der Waals surface area (Å²) in [6, 6.07) is 3.10. The average molecular weight is 415 g/mol. The van der Waals surface area contributed by atoms with Crippen molar-refractivity contribution in [2.75, 3.05) is 32.4 Å². The van der Waals surface area contributed by atoms with E-state index in [1.54, 1.807) is 12.3 Å². The van der Waals surface area contributed by atoms with Crippen molar-refractivity contribution in [2.45, 2.75) is 37.5 Å². The molecule has 9 heteroatoms. The largest absolute Gasteiger partial charge is 0.508 e. The highest BCUT2D eigenvalue weighted by Crippen LogP contribution is 2.43. The minimum absolute atomic E-state index is 0.0338. The van der Waals surface area contributed by atoms with E-state index in [2.05, 4.69) is 15.3 Å². The first-order valence-electron chi connectivity index (χ1n) is 10.0. The molecule has 30 heavy (non-hydrogen) atoms. The molecule has 1 aromatic carbocycles. The van der Waals surface area contributed by atoms with Crippen LogP contribution < -0.4 is 10.1 Å². The number of hydrogen-bond acceptors (Lipinski definition) is 9. The number of esters is 1. The van der Waals surface area contributed by atoms with Gasteiger partial charge in [-0.2, -0.15) is 0 Å². The van der Waals surface area contributed by atoms with E-state index in [4.69, 9.17) is 14.2 Å². The maximum atomic E-state index is 12.3. The van der Waals surface area contributed by atoms with E-state index in [1.807, 2.05) is 0 Å². The van der Waals surface area contributed by atoms with E-state index in [0.29, 0.717) is 30.6 Å². The van der Waals surface area contributed by atoms with Gasteiger partial charge < -0.3 is 29.7 Å². The van der Waals surface area contributed by atoms with Gasteiger partial charge >= 0.3 is 5.97 Å². The molecule has 0 bridgehead atoms. The standard InChI is InChI=1S/C21H25N3O6/c1-28-21(27)18-20(22-10-17(23-18)13-2-3-13)24-16-9-14(26)8-15(19(16)30-11-25)12-4-6-29-7-5-12/h8-10,12-13,25-26H,2-7,11H2,1H3,(H,22,24). The molecule has 1 aliphatic carbocycles. The van der Waals surface area contributed by atoms with Crippen LogP contribution in [0.25, 0.3) is 0 Å². The van der Waals surface area contributed by atoms with Crippen molar-refractivity contribution in [1.29, 1.82) is 0 Å². The topological polar surface area (TPSA) is 123 Å². The molecule has 0 radical (unpaired) electrons. The first-order chi connectivity index (χ1) is 14.6. The Balaban J connectivity index is 1.73. The number of rotatable bonds is 7. The van der Waals surface area contributed by atoms with E-state index in [0.717, 1.165) is 36.9 Å². The highest BCUT2D eigenvalue weighted by molar-refractivity contribution is 5.93. The van der Waals surface area contributed by atoms with Crippen molar-refractivity contribution in [2.24, 2.45) is 0 Å². The SMILES string of the molecule is COC(=O)c1nc(C2CC2)cnc1Nc1cc(O)cc(C2CCOCC2)c1OCO. The molecule has 2 aromatic rings. The number of phenols is 1. The number of aromatic hydroxyl groups is 1. The number of ether oxygens (including phenoxy) is 3. The molecule has 3 N–H and O–H groups in total. The van der Waals surface area contributed by atoms with Gasteiger partial charge in [0.15, 0.2) is 18.3 Å². The van der Waals surface area contributed by atoms with Crippen molar-refractivity contribution >= 4 is 17.5 Å². The minimum atomic E-state index is -0.609. The normalized spacial score (nSPS) is 16.9. The van der Waals surface area contributed by atoms with Crippen LogP contribution in [0.1, 0.15) is 59.3 Å². The summed E-state index contributed by atoms with van der Waals surface area (Å²) in [6.45, 7) is 0.691. The number of hydrogen-bond donors (Lipinski definition) is 3. The summed E-state index contributed by atoms with van der Waals surface area (Å²) in [6.07, 6.45) is 5.23. The number of aliphatic hydroxyl groups excluding tert-OH is 1. The molecule has 2 fully saturated rings. The molecule has 0 spiro atoms. The number of anilines is 2. The van der Waals surface area contributed by atoms with Crippen LogP contribution in [0.4, 0.5) is 11.5 Å². The van der Waals surface area contributed by atoms with Crippen LogP contribution in [0, 0.1) is 0 Å². The molecule has 160 valence electrons. The fraction of sp³-hybridized carbons (Fsp3) is 0.476. The zero-order valence-electron chi connectivity index (χ0n) is 16.8. The number of nitrogens with zero attached hydrogens (tertiary/aromatic N) is 2. The summed E-state index contributed by atoms with van der Waals surface area (Å²) in [5, 5.41) is 22.8. The van der Waals surface area contributed by atoms with Gasteiger partial charge in [0.25, 0.3) is 0 Å². The van der Waals surface area contributed by atoms with Crippen molar-refractivity contribution < 1.29 is 29.2 Å². The molecule has 1 aliphatic heterocycles. The lowest BCUT2D eigenvalue weighted by atomic mass is 9.90. The molecule has 1 saturated heterocycles. The Bertz CT molecular complexity index is 925. The van der Waals surface area contributed by atoms with Gasteiger partial charge in [0, 0.05) is 30.8 Å². The number of aromatic nitrogens is 2. The van der Waals surface area contributed by atoms with Gasteiger partial charge in [0.2, 0.25) is 0 Å². The monoisotopic (exact) mass is 415 g/mol. The van der Waals surface area contributed by atoms with Gasteiger partial charge in [0.05, 0.1) is 24.7 Å². The fourth-order valence-corrected chi connectivity index (χ4v) is 3.70. The Labute approximate surface area is 174 Å². The van der Waals surface area contributed by atoms with Crippen molar-refractivity contribution in [1.82, 2.24) is 9.97 Å². The second-order valence-electron chi connectivity index (χ2n) is 7.45. The highest BCUT2D eigenvalue weighted by atomic mass is 16.6. The molecule has 9 nitrogen and oxygen atoms in total. The van der Waals surface area contributed by atoms with Crippen molar-refractivity contribution in [3.63, 3.8) is 0 Å². The Morgan fingerprint density at radius 2 is 2.00 bits per heavy atom. The first-order valence-corrected chi connectivity index (χ1v) is 10.0. The Morgan fingerprint density at radius 1 is 1.23 bits per heavy atom. The van der Waals surface area contributed by atoms with Gasteiger partial charge in [-0.1, -0.05) is 0 Å². The minimum Gasteiger partial charge on any atom is -0.508 e. The van der Waals surface area contributed by atoms with Gasteiger partial charge in [-0.05, 0) is 37.7 Å². The number of carbonyl (C=O) groups excluding carboxylic acids is 1. The maximum absolute atomic E-state index is 12.3. The molecule has 1 saturated carbocycles. The summed E-state index contributed by atoms with van der Waals surface area (Å²) in [5.41, 5.74) is 1.96. The summed E-state index contributed by atoms with van der Waals surface area (Å²) in [4.78, 5) is 21.1. The van der Waals surface area contributed by atoms with Gasteiger partial charge in [-0.3, -0.25) is 0 Å². The van der Waals surface area contributed by atoms with Crippen molar-refractivity contribution in [3.05, 3.63) is 35.3 Å². The number of benzene rings is 1. The van der Waals surface area contributed by atoms with Crippen LogP contribution in [-0.2, 0) is 9.47 Å². The summed E-state index contributed by atoms with van der Waals surface area (Å²) in [7, 11) is 1.29. The third-order valence-corrected chi connectivity index (χ3v) is 5.39. The molecule has 2 heterocycles. The second kappa shape index (κ2) is 8.85. The molecule has 0 atom stereocenters. The Kier molecular flexibility index (Phi) is 6.01. The lowest BCUT2D eigenvalue weighted by molar-refractivity contribution is 0.0594. The predicted molar refractivity (Wildman–Crippen MR) is 107 cm³/mol. The van der Waals surface area contributed by atoms with Crippen LogP contribution >= 0.6 is 0 Å². The van der Waals surface area contributed by atoms with Crippen LogP contribution in [0.2, 0.25) is 0 Å². The lowest BCUT2D eigenvalue weighted by Gasteiger charge is -2.26. The van der Waals surface area contributed by atoms with Crippen molar-refractivity contribution in [3.8, 4) is 11.5 Å². The highest BCUT2D eigenvalue weighted by Gasteiger charge is 2.29. The van der Waals surface area contributed by atoms with E-state index >= 15 is 0 Å². The van der Waals surface area contributed by atoms with E-state index in [1.165, 1.54) is 13.2 Å². The van der Waals surface area contributed by atoms with E-state index in [9.17, 15) is 15.0 Å². The van der Waals surface area contributed by atoms with Crippen LogP contribution in [0.15, 0.2) is 18.3 Å². The smallest absolute Gasteiger partial charge is 0.360 e. The zero-order valence-corrected chi connectivity index (χ0v) is 16.8. The number of aliphatic hydroxyl groups is 1. The second-order valence-corrected chi connectivity index (χ2v) is 7.45. The average Bonchev–Trinajstić information content (AvgIpc) is 3.61. The summed E-state index contributed by atoms with van der Waals surface area (Å²) >= 11 is 0. The van der Waals surface area contributed by atoms with Crippen LogP contribution in [0.5, 0.6) is 11.5 Å². The molecular weight excluding hydrogens is 390 g/mol. The number of nitrogens with one attached hydrogen (secondary N) is 1. The third-order valence-electron chi connectivity index (χ3n) is 5.39. The summed E-state index contributed by atoms with van der Waals surface area (Å²) in [5.74, 6) is 0.442. The molecular formula is C21H25N3O6.